The fourth-order valence-corrected chi connectivity index (χ4v) is 10.5. The monoisotopic (exact) mass is 901 g/mol. The van der Waals surface area contributed by atoms with Gasteiger partial charge in [-0.25, -0.2) is 0 Å². The zero-order chi connectivity index (χ0) is 45.4. The van der Waals surface area contributed by atoms with E-state index in [4.69, 9.17) is 24.3 Å². The van der Waals surface area contributed by atoms with Crippen LogP contribution in [0.25, 0.3) is 21.5 Å². The predicted molar refractivity (Wildman–Crippen MR) is 257 cm³/mol. The van der Waals surface area contributed by atoms with Crippen molar-refractivity contribution in [1.29, 1.82) is 0 Å². The van der Waals surface area contributed by atoms with Crippen molar-refractivity contribution in [2.24, 2.45) is 34.5 Å². The second-order valence-electron chi connectivity index (χ2n) is 21.5. The Balaban J connectivity index is 0.000000241. The first-order valence-corrected chi connectivity index (χ1v) is 24.5. The third-order valence-electron chi connectivity index (χ3n) is 14.8. The van der Waals surface area contributed by atoms with Gasteiger partial charge in [-0.15, -0.1) is 0 Å². The number of hydrogen-bond acceptors (Lipinski definition) is 10. The Hall–Kier alpha value is -3.72. The number of carbonyl (C=O) groups excluding carboxylic acids is 1. The molecule has 356 valence electrons. The number of fused-ring (bicyclic) bond motifs is 2. The number of likely N-dealkylation sites (tertiary alicyclic amines) is 2. The summed E-state index contributed by atoms with van der Waals surface area (Å²) in [4.78, 5) is 37.2. The van der Waals surface area contributed by atoms with Crippen LogP contribution < -0.4 is 28.3 Å². The second kappa shape index (κ2) is 24.0. The zero-order valence-corrected chi connectivity index (χ0v) is 41.4. The first kappa shape index (κ1) is 53.2. The molecule has 4 fully saturated rings. The van der Waals surface area contributed by atoms with Crippen molar-refractivity contribution in [3.63, 3.8) is 0 Å². The zero-order valence-electron chi connectivity index (χ0n) is 41.4. The van der Waals surface area contributed by atoms with E-state index >= 15 is 0 Å². The number of carbonyl (C=O) groups is 2. The molecule has 2 aromatic carbocycles. The molecule has 2 saturated carbocycles. The van der Waals surface area contributed by atoms with Crippen LogP contribution in [0.1, 0.15) is 137 Å². The number of pyridine rings is 2. The van der Waals surface area contributed by atoms with Crippen LogP contribution in [-0.2, 0) is 27.4 Å². The summed E-state index contributed by atoms with van der Waals surface area (Å²) in [7, 11) is 0. The van der Waals surface area contributed by atoms with Crippen LogP contribution in [0.5, 0.6) is 11.5 Å². The Kier molecular flexibility index (Phi) is 19.4. The molecular weight excluding hydrogens is 824 g/mol. The molecule has 2 N–H and O–H groups in total. The Labute approximate surface area is 406 Å². The summed E-state index contributed by atoms with van der Waals surface area (Å²) in [6.07, 6.45) is 17.3. The SMILES string of the molecule is CC(C)(C)C1CCC(Oc2ccc3cc(CN4CCC(C(=O)O)CC4)ncc3c2)CC1.CCOC(=O)C1CCN(Cc2cc3ccc(OC4CCC(C(C)(C)C)CC4)cc3cn2)CC1.[Li+].[OH-]. The van der Waals surface area contributed by atoms with Gasteiger partial charge in [0.25, 0.3) is 0 Å². The van der Waals surface area contributed by atoms with Gasteiger partial charge in [-0.2, -0.15) is 0 Å². The number of ether oxygens (including phenoxy) is 3. The number of aromatic nitrogens is 2. The molecular formula is C54H77LiN4O7. The van der Waals surface area contributed by atoms with Gasteiger partial charge in [-0.1, -0.05) is 53.7 Å². The summed E-state index contributed by atoms with van der Waals surface area (Å²) in [5, 5.41) is 13.8. The number of esters is 1. The number of carboxylic acids is 1. The molecule has 2 saturated heterocycles. The summed E-state index contributed by atoms with van der Waals surface area (Å²) in [5.41, 5.74) is 2.90. The fraction of sp³-hybridized carbons (Fsp3) is 0.630. The van der Waals surface area contributed by atoms with Crippen molar-refractivity contribution in [3.05, 3.63) is 72.3 Å². The Morgan fingerprint density at radius 1 is 0.591 bits per heavy atom. The molecule has 0 spiro atoms. The molecule has 4 heterocycles. The Bertz CT molecular complexity index is 2160. The molecule has 0 unspecified atom stereocenters. The van der Waals surface area contributed by atoms with Crippen molar-refractivity contribution < 1.29 is 53.2 Å². The van der Waals surface area contributed by atoms with Gasteiger partial charge in [0.2, 0.25) is 0 Å². The van der Waals surface area contributed by atoms with Crippen LogP contribution in [0, 0.1) is 34.5 Å². The van der Waals surface area contributed by atoms with Crippen LogP contribution in [0.3, 0.4) is 0 Å². The summed E-state index contributed by atoms with van der Waals surface area (Å²) < 4.78 is 17.8. The van der Waals surface area contributed by atoms with E-state index in [1.54, 1.807) is 0 Å². The van der Waals surface area contributed by atoms with Crippen LogP contribution in [0.4, 0.5) is 0 Å². The molecule has 0 amide bonds. The van der Waals surface area contributed by atoms with Crippen LogP contribution in [0.2, 0.25) is 0 Å². The van der Waals surface area contributed by atoms with E-state index in [1.807, 2.05) is 19.3 Å². The number of nitrogens with zero attached hydrogens (tertiary/aromatic N) is 4. The molecule has 0 atom stereocenters. The maximum Gasteiger partial charge on any atom is 1.00 e. The Morgan fingerprint density at radius 3 is 1.35 bits per heavy atom. The van der Waals surface area contributed by atoms with E-state index in [1.165, 1.54) is 36.5 Å². The van der Waals surface area contributed by atoms with Gasteiger partial charge < -0.3 is 24.8 Å². The number of aliphatic carboxylic acids is 1. The van der Waals surface area contributed by atoms with Crippen LogP contribution in [0.15, 0.2) is 60.9 Å². The van der Waals surface area contributed by atoms with Crippen molar-refractivity contribution in [1.82, 2.24) is 19.8 Å². The first-order valence-electron chi connectivity index (χ1n) is 24.5. The smallest absolute Gasteiger partial charge is 0.870 e. The van der Waals surface area contributed by atoms with Gasteiger partial charge in [0, 0.05) is 36.3 Å². The van der Waals surface area contributed by atoms with E-state index < -0.39 is 5.97 Å². The molecule has 66 heavy (non-hydrogen) atoms. The molecule has 0 radical (unpaired) electrons. The molecule has 0 bridgehead atoms. The molecule has 4 aromatic rings. The second-order valence-corrected chi connectivity index (χ2v) is 21.5. The summed E-state index contributed by atoms with van der Waals surface area (Å²) >= 11 is 0. The van der Waals surface area contributed by atoms with Crippen molar-refractivity contribution in [3.8, 4) is 11.5 Å². The third-order valence-corrected chi connectivity index (χ3v) is 14.8. The predicted octanol–water partition coefficient (Wildman–Crippen LogP) is 8.34. The number of piperidine rings is 2. The van der Waals surface area contributed by atoms with Gasteiger partial charge in [-0.3, -0.25) is 29.4 Å². The van der Waals surface area contributed by atoms with Gasteiger partial charge in [0.15, 0.2) is 0 Å². The van der Waals surface area contributed by atoms with E-state index in [0.717, 1.165) is 136 Å². The molecule has 4 aliphatic rings. The van der Waals surface area contributed by atoms with Crippen LogP contribution in [-0.4, -0.2) is 87.3 Å². The largest absolute Gasteiger partial charge is 1.00 e. The van der Waals surface area contributed by atoms with E-state index in [9.17, 15) is 9.59 Å². The normalized spacial score (nSPS) is 22.6. The van der Waals surface area contributed by atoms with Crippen molar-refractivity contribution >= 4 is 33.5 Å². The molecule has 2 aromatic heterocycles. The quantitative estimate of drug-likeness (QED) is 0.115. The standard InChI is InChI=1S/C28H40N2O3.C26H36N2O3.Li.H2O/c1-5-32-27(31)20-12-14-30(15-13-20)19-24-16-21-6-9-26(17-22(21)18-29-24)33-25-10-7-23(8-11-25)28(2,3)4;1-26(2,3)21-5-8-23(9-6-21)31-24-7-4-19-14-22(27-16-20(19)15-24)17-28-12-10-18(11-13-28)25(29)30;;/h6,9,16-18,20,23,25H,5,7-8,10-15,19H2,1-4H3;4,7,14-16,18,21,23H,5-6,8-13,17H2,1-3H3,(H,29,30);;1H2/q;;+1;/p-1. The van der Waals surface area contributed by atoms with E-state index in [2.05, 4.69) is 105 Å². The molecule has 11 nitrogen and oxygen atoms in total. The number of hydrogen-bond donors (Lipinski definition) is 1. The number of rotatable bonds is 11. The fourth-order valence-electron chi connectivity index (χ4n) is 10.5. The average Bonchev–Trinajstić information content (AvgIpc) is 3.27. The van der Waals surface area contributed by atoms with Crippen LogP contribution >= 0.6 is 0 Å². The minimum absolute atomic E-state index is 0. The summed E-state index contributed by atoms with van der Waals surface area (Å²) in [5.74, 6) is 2.64. The summed E-state index contributed by atoms with van der Waals surface area (Å²) in [6.45, 7) is 21.5. The minimum Gasteiger partial charge on any atom is -0.870 e. The molecule has 12 heteroatoms. The third kappa shape index (κ3) is 14.9. The topological polar surface area (TPSA) is 144 Å². The van der Waals surface area contributed by atoms with Crippen molar-refractivity contribution in [2.45, 2.75) is 151 Å². The molecule has 2 aliphatic carbocycles. The minimum atomic E-state index is -0.663. The average molecular weight is 901 g/mol. The van der Waals surface area contributed by atoms with Gasteiger partial charge >= 0.3 is 30.8 Å². The van der Waals surface area contributed by atoms with Gasteiger partial charge in [0.1, 0.15) is 11.5 Å². The summed E-state index contributed by atoms with van der Waals surface area (Å²) in [6, 6.07) is 17.1. The van der Waals surface area contributed by atoms with Crippen molar-refractivity contribution in [2.75, 3.05) is 32.8 Å². The van der Waals surface area contributed by atoms with E-state index in [0.29, 0.717) is 29.6 Å². The van der Waals surface area contributed by atoms with Gasteiger partial charge in [-0.05, 0) is 180 Å². The van der Waals surface area contributed by atoms with E-state index in [-0.39, 0.29) is 42.1 Å². The first-order chi connectivity index (χ1) is 30.6. The number of benzene rings is 2. The number of carboxylic acid groups (broad SMARTS) is 1. The maximum absolute atomic E-state index is 12.0. The Morgan fingerprint density at radius 2 is 0.985 bits per heavy atom. The van der Waals surface area contributed by atoms with Gasteiger partial charge in [0.05, 0.1) is 42.0 Å². The maximum atomic E-state index is 12.0. The molecule has 2 aliphatic heterocycles. The molecule has 8 rings (SSSR count).